The van der Waals surface area contributed by atoms with E-state index in [1.165, 1.54) is 0 Å². The number of aromatic nitrogens is 3. The predicted octanol–water partition coefficient (Wildman–Crippen LogP) is 0.531. The van der Waals surface area contributed by atoms with Gasteiger partial charge in [0.1, 0.15) is 11.4 Å². The number of fused-ring (bicyclic) bond motifs is 1. The molecule has 2 rings (SSSR count). The van der Waals surface area contributed by atoms with E-state index >= 15 is 0 Å². The lowest BCUT2D eigenvalue weighted by Gasteiger charge is -2.04. The van der Waals surface area contributed by atoms with E-state index in [1.807, 2.05) is 0 Å². The molecule has 7 heteroatoms. The number of ether oxygens (including phenoxy) is 1. The Morgan fingerprint density at radius 1 is 1.41 bits per heavy atom. The molecule has 0 amide bonds. The Bertz CT molecular complexity index is 611. The number of nitrogens with zero attached hydrogens (tertiary/aromatic N) is 3. The second kappa shape index (κ2) is 4.92. The lowest BCUT2D eigenvalue weighted by atomic mass is 10.2. The Kier molecular flexibility index (Phi) is 3.34. The van der Waals surface area contributed by atoms with Gasteiger partial charge in [0.25, 0.3) is 5.56 Å². The van der Waals surface area contributed by atoms with Crippen molar-refractivity contribution in [1.29, 1.82) is 0 Å². The fourth-order valence-electron chi connectivity index (χ4n) is 1.28. The van der Waals surface area contributed by atoms with E-state index in [2.05, 4.69) is 10.3 Å². The van der Waals surface area contributed by atoms with Crippen molar-refractivity contribution < 1.29 is 9.53 Å². The zero-order chi connectivity index (χ0) is 12.3. The van der Waals surface area contributed by atoms with Gasteiger partial charge in [-0.25, -0.2) is 0 Å². The first-order valence-electron chi connectivity index (χ1n) is 4.76. The monoisotopic (exact) mass is 253 g/mol. The average Bonchev–Trinajstić information content (AvgIpc) is 2.38. The summed E-state index contributed by atoms with van der Waals surface area (Å²) >= 11 is 5.26. The zero-order valence-electron chi connectivity index (χ0n) is 8.67. The number of benzene rings is 1. The normalized spacial score (nSPS) is 10.4. The van der Waals surface area contributed by atoms with Gasteiger partial charge < -0.3 is 4.74 Å². The van der Waals surface area contributed by atoms with E-state index in [0.29, 0.717) is 10.9 Å². The van der Waals surface area contributed by atoms with Crippen LogP contribution in [0.5, 0.6) is 0 Å². The molecule has 0 N–H and O–H groups in total. The van der Waals surface area contributed by atoms with Crippen molar-refractivity contribution in [1.82, 2.24) is 15.0 Å². The summed E-state index contributed by atoms with van der Waals surface area (Å²) in [4.78, 5) is 22.7. The van der Waals surface area contributed by atoms with Crippen LogP contribution in [-0.4, -0.2) is 26.8 Å². The van der Waals surface area contributed by atoms with E-state index in [4.69, 9.17) is 16.3 Å². The number of carbonyl (C=O) groups is 1. The quantitative estimate of drug-likeness (QED) is 0.589. The van der Waals surface area contributed by atoms with E-state index < -0.39 is 5.97 Å². The molecule has 0 saturated carbocycles. The van der Waals surface area contributed by atoms with Crippen LogP contribution in [-0.2, 0) is 16.3 Å². The third kappa shape index (κ3) is 2.42. The maximum atomic E-state index is 11.9. The molecule has 0 unspecified atom stereocenters. The molecule has 6 nitrogen and oxygen atoms in total. The summed E-state index contributed by atoms with van der Waals surface area (Å²) in [5.41, 5.74) is 0.135. The van der Waals surface area contributed by atoms with Crippen LogP contribution < -0.4 is 5.56 Å². The lowest BCUT2D eigenvalue weighted by Crippen LogP contribution is -2.26. The second-order valence-corrected chi connectivity index (χ2v) is 3.46. The molecule has 0 saturated heterocycles. The van der Waals surface area contributed by atoms with Crippen molar-refractivity contribution in [2.75, 3.05) is 5.88 Å². The fraction of sp³-hybridized carbons (Fsp3) is 0.200. The van der Waals surface area contributed by atoms with Crippen LogP contribution in [0.4, 0.5) is 0 Å². The van der Waals surface area contributed by atoms with Crippen LogP contribution in [0.2, 0.25) is 0 Å². The number of esters is 1. The van der Waals surface area contributed by atoms with Gasteiger partial charge in [0.05, 0.1) is 5.39 Å². The molecule has 0 bridgehead atoms. The van der Waals surface area contributed by atoms with Gasteiger partial charge in [-0.1, -0.05) is 17.3 Å². The largest absolute Gasteiger partial charge is 0.441 e. The summed E-state index contributed by atoms with van der Waals surface area (Å²) < 4.78 is 5.66. The highest BCUT2D eigenvalue weighted by Gasteiger charge is 2.06. The van der Waals surface area contributed by atoms with Gasteiger partial charge in [0, 0.05) is 0 Å². The van der Waals surface area contributed by atoms with E-state index in [9.17, 15) is 9.59 Å². The van der Waals surface area contributed by atoms with Crippen LogP contribution in [0.3, 0.4) is 0 Å². The highest BCUT2D eigenvalue weighted by Crippen LogP contribution is 2.03. The maximum absolute atomic E-state index is 11.9. The van der Waals surface area contributed by atoms with Crippen LogP contribution in [0, 0.1) is 0 Å². The molecule has 0 aliphatic carbocycles. The summed E-state index contributed by atoms with van der Waals surface area (Å²) in [6.45, 7) is -0.289. The van der Waals surface area contributed by atoms with Crippen molar-refractivity contribution in [2.24, 2.45) is 0 Å². The predicted molar refractivity (Wildman–Crippen MR) is 60.6 cm³/mol. The Hall–Kier alpha value is -1.95. The van der Waals surface area contributed by atoms with E-state index in [0.717, 1.165) is 4.68 Å². The fourth-order valence-corrected chi connectivity index (χ4v) is 1.36. The minimum atomic E-state index is -0.617. The van der Waals surface area contributed by atoms with Gasteiger partial charge in [0.2, 0.25) is 0 Å². The molecular weight excluding hydrogens is 246 g/mol. The molecule has 88 valence electrons. The summed E-state index contributed by atoms with van der Waals surface area (Å²) in [6, 6.07) is 6.79. The molecule has 1 aromatic carbocycles. The smallest absolute Gasteiger partial charge is 0.322 e. The summed E-state index contributed by atoms with van der Waals surface area (Å²) in [7, 11) is 0. The first-order chi connectivity index (χ1) is 8.22. The Balaban J connectivity index is 2.33. The van der Waals surface area contributed by atoms with Gasteiger partial charge in [-0.05, 0) is 12.1 Å². The SMILES string of the molecule is O=C(CCl)OCn1nnc2ccccc2c1=O. The van der Waals surface area contributed by atoms with Crippen LogP contribution in [0.25, 0.3) is 10.9 Å². The molecule has 0 radical (unpaired) electrons. The van der Waals surface area contributed by atoms with Gasteiger partial charge in [-0.3, -0.25) is 9.59 Å². The Morgan fingerprint density at radius 2 is 2.18 bits per heavy atom. The molecule has 0 aliphatic rings. The van der Waals surface area contributed by atoms with Crippen LogP contribution >= 0.6 is 11.6 Å². The summed E-state index contributed by atoms with van der Waals surface area (Å²) in [5.74, 6) is -0.885. The number of alkyl halides is 1. The van der Waals surface area contributed by atoms with E-state index in [-0.39, 0.29) is 18.2 Å². The Labute approximate surface area is 101 Å². The molecule has 17 heavy (non-hydrogen) atoms. The summed E-state index contributed by atoms with van der Waals surface area (Å²) in [5, 5.41) is 7.90. The average molecular weight is 254 g/mol. The lowest BCUT2D eigenvalue weighted by molar-refractivity contribution is -0.144. The topological polar surface area (TPSA) is 74.1 Å². The zero-order valence-corrected chi connectivity index (χ0v) is 9.42. The third-order valence-corrected chi connectivity index (χ3v) is 2.30. The second-order valence-electron chi connectivity index (χ2n) is 3.19. The molecule has 0 fully saturated rings. The Morgan fingerprint density at radius 3 is 2.94 bits per heavy atom. The van der Waals surface area contributed by atoms with Gasteiger partial charge in [-0.2, -0.15) is 4.68 Å². The molecule has 2 aromatic rings. The maximum Gasteiger partial charge on any atom is 0.322 e. The standard InChI is InChI=1S/C10H8ClN3O3/c11-5-9(15)17-6-14-10(16)7-3-1-2-4-8(7)12-13-14/h1-4H,5-6H2. The third-order valence-electron chi connectivity index (χ3n) is 2.09. The molecule has 0 aliphatic heterocycles. The van der Waals surface area contributed by atoms with Crippen molar-refractivity contribution >= 4 is 28.5 Å². The first-order valence-corrected chi connectivity index (χ1v) is 5.30. The number of hydrogen-bond acceptors (Lipinski definition) is 5. The minimum absolute atomic E-state index is 0.268. The number of hydrogen-bond donors (Lipinski definition) is 0. The molecule has 0 spiro atoms. The number of carbonyl (C=O) groups excluding carboxylic acids is 1. The van der Waals surface area contributed by atoms with Crippen molar-refractivity contribution in [3.63, 3.8) is 0 Å². The van der Waals surface area contributed by atoms with Crippen LogP contribution in [0.1, 0.15) is 0 Å². The van der Waals surface area contributed by atoms with Gasteiger partial charge in [-0.15, -0.1) is 16.7 Å². The number of rotatable bonds is 3. The first kappa shape index (κ1) is 11.5. The van der Waals surface area contributed by atoms with E-state index in [1.54, 1.807) is 24.3 Å². The van der Waals surface area contributed by atoms with Crippen molar-refractivity contribution in [2.45, 2.75) is 6.73 Å². The highest BCUT2D eigenvalue weighted by atomic mass is 35.5. The molecule has 0 atom stereocenters. The molecule has 1 aromatic heterocycles. The van der Waals surface area contributed by atoms with Gasteiger partial charge in [0.15, 0.2) is 6.73 Å². The summed E-state index contributed by atoms with van der Waals surface area (Å²) in [6.07, 6.45) is 0. The van der Waals surface area contributed by atoms with Crippen LogP contribution in [0.15, 0.2) is 29.1 Å². The van der Waals surface area contributed by atoms with Crippen molar-refractivity contribution in [3.05, 3.63) is 34.6 Å². The van der Waals surface area contributed by atoms with Gasteiger partial charge >= 0.3 is 5.97 Å². The minimum Gasteiger partial charge on any atom is -0.441 e. The highest BCUT2D eigenvalue weighted by molar-refractivity contribution is 6.26. The molecule has 1 heterocycles. The number of halogens is 1. The van der Waals surface area contributed by atoms with Crippen molar-refractivity contribution in [3.8, 4) is 0 Å². The molecular formula is C10H8ClN3O3.